The van der Waals surface area contributed by atoms with E-state index in [1.807, 2.05) is 0 Å². The Balaban J connectivity index is 1.90. The number of carbonyl (C=O) groups is 2. The molecule has 0 unspecified atom stereocenters. The first-order valence-corrected chi connectivity index (χ1v) is 5.88. The van der Waals surface area contributed by atoms with Crippen molar-refractivity contribution in [2.45, 2.75) is 19.4 Å². The fraction of sp³-hybridized carbons (Fsp3) is 0.385. The molecule has 5 nitrogen and oxygen atoms in total. The molecule has 96 valence electrons. The number of rotatable bonds is 5. The highest BCUT2D eigenvalue weighted by molar-refractivity contribution is 5.87. The molecule has 0 radical (unpaired) electrons. The van der Waals surface area contributed by atoms with Gasteiger partial charge in [-0.3, -0.25) is 4.79 Å². The first kappa shape index (κ1) is 12.6. The van der Waals surface area contributed by atoms with Crippen molar-refractivity contribution in [3.63, 3.8) is 0 Å². The Bertz CT molecular complexity index is 464. The van der Waals surface area contributed by atoms with E-state index in [1.165, 1.54) is 12.1 Å². The Hall–Kier alpha value is -1.88. The second-order valence-corrected chi connectivity index (χ2v) is 4.67. The van der Waals surface area contributed by atoms with E-state index in [2.05, 4.69) is 5.32 Å². The number of benzene rings is 1. The Morgan fingerprint density at radius 1 is 1.28 bits per heavy atom. The van der Waals surface area contributed by atoms with Crippen molar-refractivity contribution in [2.75, 3.05) is 6.54 Å². The topological polar surface area (TPSA) is 92.4 Å². The minimum Gasteiger partial charge on any atom is -0.478 e. The Morgan fingerprint density at radius 3 is 2.33 bits per heavy atom. The molecule has 0 spiro atoms. The first-order valence-electron chi connectivity index (χ1n) is 5.88. The largest absolute Gasteiger partial charge is 0.478 e. The predicted octanol–water partition coefficient (Wildman–Crippen LogP) is 0.740. The zero-order chi connectivity index (χ0) is 13.2. The van der Waals surface area contributed by atoms with Gasteiger partial charge in [-0.2, -0.15) is 0 Å². The van der Waals surface area contributed by atoms with Crippen LogP contribution in [0.3, 0.4) is 0 Å². The number of hydrogen-bond donors (Lipinski definition) is 3. The molecule has 1 fully saturated rings. The van der Waals surface area contributed by atoms with Gasteiger partial charge in [-0.25, -0.2) is 4.79 Å². The molecule has 5 heteroatoms. The van der Waals surface area contributed by atoms with Crippen LogP contribution in [-0.4, -0.2) is 23.5 Å². The lowest BCUT2D eigenvalue weighted by Crippen LogP contribution is -2.36. The third kappa shape index (κ3) is 2.51. The quantitative estimate of drug-likeness (QED) is 0.716. The van der Waals surface area contributed by atoms with E-state index in [9.17, 15) is 9.59 Å². The number of carbonyl (C=O) groups excluding carboxylic acids is 1. The van der Waals surface area contributed by atoms with Crippen molar-refractivity contribution in [1.29, 1.82) is 0 Å². The number of carboxylic acid groups (broad SMARTS) is 1. The van der Waals surface area contributed by atoms with Crippen LogP contribution in [0.15, 0.2) is 24.3 Å². The van der Waals surface area contributed by atoms with Crippen LogP contribution in [0.1, 0.15) is 28.8 Å². The van der Waals surface area contributed by atoms with Crippen LogP contribution in [0.4, 0.5) is 0 Å². The molecule has 4 N–H and O–H groups in total. The van der Waals surface area contributed by atoms with Crippen molar-refractivity contribution in [1.82, 2.24) is 5.32 Å². The van der Waals surface area contributed by atoms with E-state index in [0.29, 0.717) is 13.1 Å². The fourth-order valence-electron chi connectivity index (χ4n) is 1.81. The van der Waals surface area contributed by atoms with Crippen LogP contribution >= 0.6 is 0 Å². The molecule has 0 bridgehead atoms. The molecule has 0 saturated heterocycles. The molecule has 1 aliphatic rings. The van der Waals surface area contributed by atoms with Crippen molar-refractivity contribution >= 4 is 11.9 Å². The van der Waals surface area contributed by atoms with Crippen molar-refractivity contribution in [3.8, 4) is 0 Å². The molecule has 0 aliphatic heterocycles. The number of carboxylic acids is 1. The lowest BCUT2D eigenvalue weighted by Gasteiger charge is -2.12. The molecule has 0 atom stereocenters. The lowest BCUT2D eigenvalue weighted by atomic mass is 10.1. The van der Waals surface area contributed by atoms with E-state index < -0.39 is 5.97 Å². The summed E-state index contributed by atoms with van der Waals surface area (Å²) in [6.45, 7) is 0.789. The highest BCUT2D eigenvalue weighted by Gasteiger charge is 2.48. The van der Waals surface area contributed by atoms with E-state index >= 15 is 0 Å². The maximum Gasteiger partial charge on any atom is 0.335 e. The Labute approximate surface area is 105 Å². The highest BCUT2D eigenvalue weighted by atomic mass is 16.4. The molecule has 1 amide bonds. The summed E-state index contributed by atoms with van der Waals surface area (Å²) in [6.07, 6.45) is 1.71. The smallest absolute Gasteiger partial charge is 0.335 e. The number of aromatic carboxylic acids is 1. The summed E-state index contributed by atoms with van der Waals surface area (Å²) in [4.78, 5) is 22.5. The summed E-state index contributed by atoms with van der Waals surface area (Å²) in [5.41, 5.74) is 6.34. The van der Waals surface area contributed by atoms with Gasteiger partial charge < -0.3 is 16.2 Å². The van der Waals surface area contributed by atoms with Crippen LogP contribution in [0.2, 0.25) is 0 Å². The van der Waals surface area contributed by atoms with E-state index in [0.717, 1.165) is 18.4 Å². The Morgan fingerprint density at radius 2 is 1.89 bits per heavy atom. The molecule has 1 aliphatic carbocycles. The minimum absolute atomic E-state index is 0.00712. The minimum atomic E-state index is -0.953. The molecule has 0 heterocycles. The second kappa shape index (κ2) is 4.78. The Kier molecular flexibility index (Phi) is 3.34. The summed E-state index contributed by atoms with van der Waals surface area (Å²) in [5.74, 6) is -0.960. The molecular weight excluding hydrogens is 232 g/mol. The van der Waals surface area contributed by atoms with Gasteiger partial charge in [0.15, 0.2) is 0 Å². The maximum atomic E-state index is 11.8. The molecular formula is C13H16N2O3. The van der Waals surface area contributed by atoms with Gasteiger partial charge in [0.1, 0.15) is 0 Å². The number of nitrogens with two attached hydrogens (primary N) is 1. The zero-order valence-electron chi connectivity index (χ0n) is 9.98. The SMILES string of the molecule is NCC1(C(=O)NCc2ccc(C(=O)O)cc2)CC1. The van der Waals surface area contributed by atoms with Gasteiger partial charge in [0.05, 0.1) is 11.0 Å². The summed E-state index contributed by atoms with van der Waals surface area (Å²) in [5, 5.41) is 11.6. The van der Waals surface area contributed by atoms with Gasteiger partial charge in [0.2, 0.25) is 5.91 Å². The van der Waals surface area contributed by atoms with Crippen LogP contribution in [-0.2, 0) is 11.3 Å². The van der Waals surface area contributed by atoms with E-state index in [4.69, 9.17) is 10.8 Å². The maximum absolute atomic E-state index is 11.8. The molecule has 18 heavy (non-hydrogen) atoms. The molecule has 0 aromatic heterocycles. The highest BCUT2D eigenvalue weighted by Crippen LogP contribution is 2.44. The third-order valence-corrected chi connectivity index (χ3v) is 3.38. The zero-order valence-corrected chi connectivity index (χ0v) is 9.98. The van der Waals surface area contributed by atoms with Crippen LogP contribution in [0, 0.1) is 5.41 Å². The van der Waals surface area contributed by atoms with Crippen LogP contribution < -0.4 is 11.1 Å². The average Bonchev–Trinajstić information content (AvgIpc) is 3.17. The normalized spacial score (nSPS) is 16.1. The predicted molar refractivity (Wildman–Crippen MR) is 66.0 cm³/mol. The van der Waals surface area contributed by atoms with Crippen molar-refractivity contribution in [2.24, 2.45) is 11.1 Å². The number of nitrogens with one attached hydrogen (secondary N) is 1. The average molecular weight is 248 g/mol. The molecule has 1 saturated carbocycles. The van der Waals surface area contributed by atoms with Gasteiger partial charge in [-0.15, -0.1) is 0 Å². The van der Waals surface area contributed by atoms with Crippen molar-refractivity contribution < 1.29 is 14.7 Å². The first-order chi connectivity index (χ1) is 8.57. The van der Waals surface area contributed by atoms with Gasteiger partial charge in [-0.05, 0) is 30.5 Å². The van der Waals surface area contributed by atoms with Gasteiger partial charge in [-0.1, -0.05) is 12.1 Å². The lowest BCUT2D eigenvalue weighted by molar-refractivity contribution is -0.126. The third-order valence-electron chi connectivity index (χ3n) is 3.38. The standard InChI is InChI=1S/C13H16N2O3/c14-8-13(5-6-13)12(18)15-7-9-1-3-10(4-2-9)11(16)17/h1-4H,5-8,14H2,(H,15,18)(H,16,17). The van der Waals surface area contributed by atoms with E-state index in [-0.39, 0.29) is 16.9 Å². The number of hydrogen-bond acceptors (Lipinski definition) is 3. The summed E-state index contributed by atoms with van der Waals surface area (Å²) >= 11 is 0. The van der Waals surface area contributed by atoms with Crippen LogP contribution in [0.5, 0.6) is 0 Å². The fourth-order valence-corrected chi connectivity index (χ4v) is 1.81. The summed E-state index contributed by atoms with van der Waals surface area (Å²) < 4.78 is 0. The monoisotopic (exact) mass is 248 g/mol. The molecule has 2 rings (SSSR count). The second-order valence-electron chi connectivity index (χ2n) is 4.67. The van der Waals surface area contributed by atoms with Crippen LogP contribution in [0.25, 0.3) is 0 Å². The van der Waals surface area contributed by atoms with E-state index in [1.54, 1.807) is 12.1 Å². The molecule has 1 aromatic rings. The van der Waals surface area contributed by atoms with Gasteiger partial charge >= 0.3 is 5.97 Å². The number of amides is 1. The van der Waals surface area contributed by atoms with Gasteiger partial charge in [0, 0.05) is 13.1 Å². The van der Waals surface area contributed by atoms with Crippen molar-refractivity contribution in [3.05, 3.63) is 35.4 Å². The van der Waals surface area contributed by atoms with Gasteiger partial charge in [0.25, 0.3) is 0 Å². The molecule has 1 aromatic carbocycles. The summed E-state index contributed by atoms with van der Waals surface area (Å²) in [6, 6.07) is 6.46. The summed E-state index contributed by atoms with van der Waals surface area (Å²) in [7, 11) is 0.